The number of amides is 1. The quantitative estimate of drug-likeness (QED) is 0.432. The standard InChI is InChI=1S/C21H35NO2/c1-18(2)12-10-8-6-4-5-7-9-11-17-24-21(23)22-20-15-13-19(3)14-16-20/h13-16,18H,4-12,17H2,1-3H3,(H,22,23). The first kappa shape index (κ1) is 20.5. The normalized spacial score (nSPS) is 10.8. The number of carbonyl (C=O) groups is 1. The van der Waals surface area contributed by atoms with E-state index in [-0.39, 0.29) is 6.09 Å². The van der Waals surface area contributed by atoms with Crippen LogP contribution in [0.5, 0.6) is 0 Å². The van der Waals surface area contributed by atoms with E-state index >= 15 is 0 Å². The molecule has 0 aromatic heterocycles. The van der Waals surface area contributed by atoms with Crippen molar-refractivity contribution in [1.82, 2.24) is 0 Å². The second-order valence-corrected chi connectivity index (χ2v) is 7.14. The van der Waals surface area contributed by atoms with Gasteiger partial charge in [0.05, 0.1) is 6.61 Å². The van der Waals surface area contributed by atoms with Crippen LogP contribution in [0.1, 0.15) is 77.2 Å². The first-order valence-corrected chi connectivity index (χ1v) is 9.58. The zero-order chi connectivity index (χ0) is 17.6. The van der Waals surface area contributed by atoms with Crippen LogP contribution in [0.15, 0.2) is 24.3 Å². The smallest absolute Gasteiger partial charge is 0.411 e. The van der Waals surface area contributed by atoms with Crippen LogP contribution in [0.4, 0.5) is 10.5 Å². The number of benzene rings is 1. The lowest BCUT2D eigenvalue weighted by Gasteiger charge is -2.07. The molecule has 1 N–H and O–H groups in total. The number of nitrogens with one attached hydrogen (secondary N) is 1. The van der Waals surface area contributed by atoms with Crippen molar-refractivity contribution in [1.29, 1.82) is 0 Å². The molecule has 1 aromatic rings. The Kier molecular flexibility index (Phi) is 11.0. The summed E-state index contributed by atoms with van der Waals surface area (Å²) in [6, 6.07) is 7.71. The molecule has 0 bridgehead atoms. The lowest BCUT2D eigenvalue weighted by atomic mass is 10.0. The average Bonchev–Trinajstić information content (AvgIpc) is 2.54. The van der Waals surface area contributed by atoms with Gasteiger partial charge in [-0.1, -0.05) is 82.9 Å². The molecular formula is C21H35NO2. The number of unbranched alkanes of at least 4 members (excludes halogenated alkanes) is 7. The molecule has 0 aliphatic carbocycles. The molecule has 0 saturated carbocycles. The predicted molar refractivity (Wildman–Crippen MR) is 103 cm³/mol. The lowest BCUT2D eigenvalue weighted by Crippen LogP contribution is -2.14. The molecule has 0 atom stereocenters. The first-order valence-electron chi connectivity index (χ1n) is 9.58. The summed E-state index contributed by atoms with van der Waals surface area (Å²) in [6.07, 6.45) is 11.1. The monoisotopic (exact) mass is 333 g/mol. The minimum Gasteiger partial charge on any atom is -0.449 e. The molecule has 3 nitrogen and oxygen atoms in total. The third-order valence-electron chi connectivity index (χ3n) is 4.21. The van der Waals surface area contributed by atoms with Gasteiger partial charge in [0.2, 0.25) is 0 Å². The molecule has 1 amide bonds. The van der Waals surface area contributed by atoms with Crippen molar-refractivity contribution in [2.24, 2.45) is 5.92 Å². The van der Waals surface area contributed by atoms with E-state index < -0.39 is 0 Å². The van der Waals surface area contributed by atoms with Crippen LogP contribution in [0.2, 0.25) is 0 Å². The summed E-state index contributed by atoms with van der Waals surface area (Å²) in [4.78, 5) is 11.6. The van der Waals surface area contributed by atoms with E-state index in [1.54, 1.807) is 0 Å². The van der Waals surface area contributed by atoms with Gasteiger partial charge in [0.25, 0.3) is 0 Å². The number of hydrogen-bond acceptors (Lipinski definition) is 2. The molecule has 3 heteroatoms. The Morgan fingerprint density at radius 1 is 0.917 bits per heavy atom. The van der Waals surface area contributed by atoms with Crippen molar-refractivity contribution in [3.8, 4) is 0 Å². The highest BCUT2D eigenvalue weighted by atomic mass is 16.5. The summed E-state index contributed by atoms with van der Waals surface area (Å²) >= 11 is 0. The third-order valence-corrected chi connectivity index (χ3v) is 4.21. The van der Waals surface area contributed by atoms with E-state index in [4.69, 9.17) is 4.74 Å². The number of hydrogen-bond donors (Lipinski definition) is 1. The fourth-order valence-electron chi connectivity index (χ4n) is 2.67. The first-order chi connectivity index (χ1) is 11.6. The number of carbonyl (C=O) groups excluding carboxylic acids is 1. The number of rotatable bonds is 12. The topological polar surface area (TPSA) is 38.3 Å². The van der Waals surface area contributed by atoms with Crippen molar-refractivity contribution < 1.29 is 9.53 Å². The number of anilines is 1. The third kappa shape index (κ3) is 11.1. The summed E-state index contributed by atoms with van der Waals surface area (Å²) < 4.78 is 5.21. The van der Waals surface area contributed by atoms with Gasteiger partial charge in [0.1, 0.15) is 0 Å². The molecule has 0 fully saturated rings. The molecule has 0 aliphatic rings. The number of ether oxygens (including phenoxy) is 1. The predicted octanol–water partition coefficient (Wildman–Crippen LogP) is 6.71. The minimum atomic E-state index is -0.357. The van der Waals surface area contributed by atoms with Gasteiger partial charge in [0, 0.05) is 5.69 Å². The Morgan fingerprint density at radius 3 is 2.04 bits per heavy atom. The Bertz CT molecular complexity index is 440. The van der Waals surface area contributed by atoms with Crippen LogP contribution in [0.3, 0.4) is 0 Å². The van der Waals surface area contributed by atoms with Crippen LogP contribution < -0.4 is 5.32 Å². The molecule has 0 saturated heterocycles. The summed E-state index contributed by atoms with van der Waals surface area (Å²) in [5, 5.41) is 2.75. The summed E-state index contributed by atoms with van der Waals surface area (Å²) in [6.45, 7) is 7.12. The Balaban J connectivity index is 1.89. The Labute approximate surface area is 148 Å². The van der Waals surface area contributed by atoms with Crippen LogP contribution in [0, 0.1) is 12.8 Å². The maximum absolute atomic E-state index is 11.6. The van der Waals surface area contributed by atoms with E-state index in [2.05, 4.69) is 19.2 Å². The summed E-state index contributed by atoms with van der Waals surface area (Å²) in [5.74, 6) is 0.841. The van der Waals surface area contributed by atoms with E-state index in [1.165, 1.54) is 50.5 Å². The fraction of sp³-hybridized carbons (Fsp3) is 0.667. The maximum atomic E-state index is 11.6. The van der Waals surface area contributed by atoms with Gasteiger partial charge in [0.15, 0.2) is 0 Å². The molecule has 1 aromatic carbocycles. The number of aryl methyl sites for hydroxylation is 1. The zero-order valence-electron chi connectivity index (χ0n) is 15.8. The minimum absolute atomic E-state index is 0.357. The second kappa shape index (κ2) is 12.9. The zero-order valence-corrected chi connectivity index (χ0v) is 15.8. The highest BCUT2D eigenvalue weighted by Crippen LogP contribution is 2.13. The molecule has 1 rings (SSSR count). The van der Waals surface area contributed by atoms with Gasteiger partial charge in [-0.2, -0.15) is 0 Å². The molecule has 0 heterocycles. The van der Waals surface area contributed by atoms with Crippen molar-refractivity contribution in [2.75, 3.05) is 11.9 Å². The molecule has 0 radical (unpaired) electrons. The molecule has 0 aliphatic heterocycles. The second-order valence-electron chi connectivity index (χ2n) is 7.14. The molecule has 0 unspecified atom stereocenters. The SMILES string of the molecule is Cc1ccc(NC(=O)OCCCCCCCCCCC(C)C)cc1. The molecule has 136 valence electrons. The highest BCUT2D eigenvalue weighted by molar-refractivity contribution is 5.84. The fourth-order valence-corrected chi connectivity index (χ4v) is 2.67. The summed E-state index contributed by atoms with van der Waals surface area (Å²) in [7, 11) is 0. The maximum Gasteiger partial charge on any atom is 0.411 e. The summed E-state index contributed by atoms with van der Waals surface area (Å²) in [5.41, 5.74) is 1.96. The largest absolute Gasteiger partial charge is 0.449 e. The van der Waals surface area contributed by atoms with Crippen molar-refractivity contribution in [3.63, 3.8) is 0 Å². The van der Waals surface area contributed by atoms with Gasteiger partial charge in [-0.05, 0) is 31.4 Å². The van der Waals surface area contributed by atoms with Gasteiger partial charge in [-0.15, -0.1) is 0 Å². The van der Waals surface area contributed by atoms with E-state index in [9.17, 15) is 4.79 Å². The Hall–Kier alpha value is -1.51. The molecular weight excluding hydrogens is 298 g/mol. The van der Waals surface area contributed by atoms with Crippen LogP contribution in [-0.2, 0) is 4.74 Å². The van der Waals surface area contributed by atoms with Crippen LogP contribution >= 0.6 is 0 Å². The van der Waals surface area contributed by atoms with Gasteiger partial charge in [-0.3, -0.25) is 5.32 Å². The van der Waals surface area contributed by atoms with E-state index in [0.29, 0.717) is 6.61 Å². The molecule has 24 heavy (non-hydrogen) atoms. The van der Waals surface area contributed by atoms with E-state index in [0.717, 1.165) is 24.4 Å². The van der Waals surface area contributed by atoms with Crippen molar-refractivity contribution >= 4 is 11.8 Å². The van der Waals surface area contributed by atoms with Crippen molar-refractivity contribution in [2.45, 2.75) is 78.6 Å². The van der Waals surface area contributed by atoms with Gasteiger partial charge >= 0.3 is 6.09 Å². The van der Waals surface area contributed by atoms with Crippen LogP contribution in [0.25, 0.3) is 0 Å². The lowest BCUT2D eigenvalue weighted by molar-refractivity contribution is 0.159. The molecule has 0 spiro atoms. The van der Waals surface area contributed by atoms with Crippen LogP contribution in [-0.4, -0.2) is 12.7 Å². The average molecular weight is 334 g/mol. The Morgan fingerprint density at radius 2 is 1.46 bits per heavy atom. The van der Waals surface area contributed by atoms with E-state index in [1.807, 2.05) is 31.2 Å². The van der Waals surface area contributed by atoms with Gasteiger partial charge < -0.3 is 4.74 Å². The highest BCUT2D eigenvalue weighted by Gasteiger charge is 2.02. The van der Waals surface area contributed by atoms with Gasteiger partial charge in [-0.25, -0.2) is 4.79 Å². The van der Waals surface area contributed by atoms with Crippen molar-refractivity contribution in [3.05, 3.63) is 29.8 Å².